The van der Waals surface area contributed by atoms with Gasteiger partial charge in [-0.25, -0.2) is 0 Å². The fourth-order valence-electron chi connectivity index (χ4n) is 2.20. The molecule has 1 fully saturated rings. The highest BCUT2D eigenvalue weighted by atomic mass is 127. The van der Waals surface area contributed by atoms with Gasteiger partial charge in [-0.2, -0.15) is 11.8 Å². The molecule has 0 spiro atoms. The SMILES string of the molecule is CCNC(=NCCN1CCN(C(C)=O)CC1)NCCSC.I. The van der Waals surface area contributed by atoms with E-state index in [-0.39, 0.29) is 29.9 Å². The molecule has 0 aromatic heterocycles. The van der Waals surface area contributed by atoms with Crippen molar-refractivity contribution >= 4 is 47.6 Å². The second-order valence-corrected chi connectivity index (χ2v) is 6.01. The third-order valence-electron chi connectivity index (χ3n) is 3.45. The Morgan fingerprint density at radius 3 is 2.45 bits per heavy atom. The number of aliphatic imine (C=N–C) groups is 1. The van der Waals surface area contributed by atoms with E-state index in [1.54, 1.807) is 6.92 Å². The lowest BCUT2D eigenvalue weighted by molar-refractivity contribution is -0.130. The van der Waals surface area contributed by atoms with Gasteiger partial charge in [0.15, 0.2) is 5.96 Å². The first-order valence-corrected chi connectivity index (χ1v) is 9.05. The van der Waals surface area contributed by atoms with Gasteiger partial charge in [0, 0.05) is 58.5 Å². The molecule has 0 aliphatic carbocycles. The molecule has 22 heavy (non-hydrogen) atoms. The second kappa shape index (κ2) is 13.2. The molecule has 130 valence electrons. The van der Waals surface area contributed by atoms with Gasteiger partial charge in [-0.1, -0.05) is 0 Å². The van der Waals surface area contributed by atoms with Crippen molar-refractivity contribution < 1.29 is 4.79 Å². The highest BCUT2D eigenvalue weighted by molar-refractivity contribution is 14.0. The minimum absolute atomic E-state index is 0. The molecule has 6 nitrogen and oxygen atoms in total. The zero-order chi connectivity index (χ0) is 15.5. The van der Waals surface area contributed by atoms with Crippen molar-refractivity contribution in [3.63, 3.8) is 0 Å². The van der Waals surface area contributed by atoms with E-state index in [1.165, 1.54) is 0 Å². The molecule has 0 atom stereocenters. The number of hydrogen-bond donors (Lipinski definition) is 2. The van der Waals surface area contributed by atoms with Gasteiger partial charge < -0.3 is 15.5 Å². The largest absolute Gasteiger partial charge is 0.357 e. The van der Waals surface area contributed by atoms with E-state index in [1.807, 2.05) is 16.7 Å². The first-order chi connectivity index (χ1) is 10.2. The Labute approximate surface area is 155 Å². The summed E-state index contributed by atoms with van der Waals surface area (Å²) < 4.78 is 0. The van der Waals surface area contributed by atoms with Crippen LogP contribution in [0.2, 0.25) is 0 Å². The van der Waals surface area contributed by atoms with Gasteiger partial charge in [-0.3, -0.25) is 14.7 Å². The Kier molecular flexibility index (Phi) is 13.1. The number of halogens is 1. The molecule has 1 heterocycles. The summed E-state index contributed by atoms with van der Waals surface area (Å²) in [6, 6.07) is 0. The van der Waals surface area contributed by atoms with Gasteiger partial charge in [0.2, 0.25) is 5.91 Å². The quantitative estimate of drug-likeness (QED) is 0.263. The molecule has 0 unspecified atom stereocenters. The molecule has 1 rings (SSSR count). The van der Waals surface area contributed by atoms with E-state index >= 15 is 0 Å². The highest BCUT2D eigenvalue weighted by Crippen LogP contribution is 2.01. The minimum Gasteiger partial charge on any atom is -0.357 e. The smallest absolute Gasteiger partial charge is 0.219 e. The van der Waals surface area contributed by atoms with Crippen molar-refractivity contribution in [2.75, 3.05) is 64.4 Å². The number of carbonyl (C=O) groups excluding carboxylic acids is 1. The van der Waals surface area contributed by atoms with Crippen LogP contribution in [0.25, 0.3) is 0 Å². The van der Waals surface area contributed by atoms with Gasteiger partial charge in [0.1, 0.15) is 0 Å². The topological polar surface area (TPSA) is 60.0 Å². The summed E-state index contributed by atoms with van der Waals surface area (Å²) in [5, 5.41) is 6.59. The van der Waals surface area contributed by atoms with Crippen LogP contribution in [-0.2, 0) is 4.79 Å². The van der Waals surface area contributed by atoms with Crippen molar-refractivity contribution in [1.29, 1.82) is 0 Å². The third kappa shape index (κ3) is 9.04. The van der Waals surface area contributed by atoms with E-state index in [4.69, 9.17) is 0 Å². The van der Waals surface area contributed by atoms with Crippen LogP contribution >= 0.6 is 35.7 Å². The van der Waals surface area contributed by atoms with Crippen LogP contribution < -0.4 is 10.6 Å². The lowest BCUT2D eigenvalue weighted by Crippen LogP contribution is -2.48. The van der Waals surface area contributed by atoms with Gasteiger partial charge in [0.25, 0.3) is 0 Å². The van der Waals surface area contributed by atoms with Crippen molar-refractivity contribution in [2.24, 2.45) is 4.99 Å². The summed E-state index contributed by atoms with van der Waals surface area (Å²) in [4.78, 5) is 20.1. The van der Waals surface area contributed by atoms with Gasteiger partial charge in [-0.05, 0) is 13.2 Å². The average molecular weight is 443 g/mol. The Hall–Kier alpha value is -0.220. The number of nitrogens with zero attached hydrogens (tertiary/aromatic N) is 3. The molecule has 2 N–H and O–H groups in total. The monoisotopic (exact) mass is 443 g/mol. The Morgan fingerprint density at radius 2 is 1.91 bits per heavy atom. The number of rotatable bonds is 7. The first-order valence-electron chi connectivity index (χ1n) is 7.66. The predicted molar refractivity (Wildman–Crippen MR) is 106 cm³/mol. The normalized spacial score (nSPS) is 16.1. The summed E-state index contributed by atoms with van der Waals surface area (Å²) in [6.07, 6.45) is 2.10. The molecule has 0 bridgehead atoms. The number of piperazine rings is 1. The molecular weight excluding hydrogens is 413 g/mol. The number of thioether (sulfide) groups is 1. The molecule has 0 radical (unpaired) electrons. The molecular formula is C14H30IN5OS. The van der Waals surface area contributed by atoms with E-state index in [0.29, 0.717) is 0 Å². The van der Waals surface area contributed by atoms with E-state index in [0.717, 1.165) is 64.1 Å². The van der Waals surface area contributed by atoms with Gasteiger partial charge in [0.05, 0.1) is 6.54 Å². The molecule has 0 aromatic rings. The summed E-state index contributed by atoms with van der Waals surface area (Å²) in [7, 11) is 0. The maximum atomic E-state index is 11.3. The van der Waals surface area contributed by atoms with Crippen LogP contribution in [0.3, 0.4) is 0 Å². The Morgan fingerprint density at radius 1 is 1.23 bits per heavy atom. The molecule has 1 aliphatic rings. The zero-order valence-electron chi connectivity index (χ0n) is 13.9. The number of guanidine groups is 1. The molecule has 1 amide bonds. The fraction of sp³-hybridized carbons (Fsp3) is 0.857. The maximum Gasteiger partial charge on any atom is 0.219 e. The summed E-state index contributed by atoms with van der Waals surface area (Å²) in [6.45, 7) is 10.8. The minimum atomic E-state index is 0. The molecule has 0 aromatic carbocycles. The van der Waals surface area contributed by atoms with E-state index < -0.39 is 0 Å². The van der Waals surface area contributed by atoms with E-state index in [9.17, 15) is 4.79 Å². The first kappa shape index (κ1) is 21.8. The molecule has 8 heteroatoms. The van der Waals surface area contributed by atoms with Crippen LogP contribution in [0.5, 0.6) is 0 Å². The lowest BCUT2D eigenvalue weighted by atomic mass is 10.3. The van der Waals surface area contributed by atoms with Crippen molar-refractivity contribution in [1.82, 2.24) is 20.4 Å². The highest BCUT2D eigenvalue weighted by Gasteiger charge is 2.17. The summed E-state index contributed by atoms with van der Waals surface area (Å²) >= 11 is 1.83. The number of carbonyl (C=O) groups is 1. The summed E-state index contributed by atoms with van der Waals surface area (Å²) in [5.74, 6) is 2.16. The second-order valence-electron chi connectivity index (χ2n) is 5.03. The van der Waals surface area contributed by atoms with Gasteiger partial charge in [-0.15, -0.1) is 24.0 Å². The predicted octanol–water partition coefficient (Wildman–Crippen LogP) is 0.687. The van der Waals surface area contributed by atoms with Crippen LogP contribution in [0.4, 0.5) is 0 Å². The van der Waals surface area contributed by atoms with Crippen LogP contribution in [0.1, 0.15) is 13.8 Å². The third-order valence-corrected chi connectivity index (χ3v) is 4.06. The maximum absolute atomic E-state index is 11.3. The summed E-state index contributed by atoms with van der Waals surface area (Å²) in [5.41, 5.74) is 0. The number of hydrogen-bond acceptors (Lipinski definition) is 4. The standard InChI is InChI=1S/C14H29N5OS.HI/c1-4-15-14(17-6-12-21-3)16-5-7-18-8-10-19(11-9-18)13(2)20;/h4-12H2,1-3H3,(H2,15,16,17);1H. The van der Waals surface area contributed by atoms with Crippen molar-refractivity contribution in [3.05, 3.63) is 0 Å². The van der Waals surface area contributed by atoms with Crippen molar-refractivity contribution in [3.8, 4) is 0 Å². The van der Waals surface area contributed by atoms with E-state index in [2.05, 4.69) is 33.7 Å². The molecule has 0 saturated carbocycles. The fourth-order valence-corrected chi connectivity index (χ4v) is 2.51. The molecule has 1 aliphatic heterocycles. The zero-order valence-corrected chi connectivity index (χ0v) is 17.1. The average Bonchev–Trinajstić information content (AvgIpc) is 2.48. The number of amides is 1. The Bertz CT molecular complexity index is 335. The molecule has 1 saturated heterocycles. The van der Waals surface area contributed by atoms with Crippen LogP contribution in [0.15, 0.2) is 4.99 Å². The lowest BCUT2D eigenvalue weighted by Gasteiger charge is -2.33. The van der Waals surface area contributed by atoms with Gasteiger partial charge >= 0.3 is 0 Å². The van der Waals surface area contributed by atoms with Crippen LogP contribution in [-0.4, -0.2) is 86.0 Å². The number of nitrogens with one attached hydrogen (secondary N) is 2. The van der Waals surface area contributed by atoms with Crippen LogP contribution in [0, 0.1) is 0 Å². The van der Waals surface area contributed by atoms with Crippen molar-refractivity contribution in [2.45, 2.75) is 13.8 Å². The Balaban J connectivity index is 0.00000441.